The van der Waals surface area contributed by atoms with Gasteiger partial charge in [-0.15, -0.1) is 0 Å². The van der Waals surface area contributed by atoms with Gasteiger partial charge in [-0.2, -0.15) is 0 Å². The van der Waals surface area contributed by atoms with Crippen molar-refractivity contribution in [3.8, 4) is 0 Å². The molecule has 1 aromatic heterocycles. The molecule has 4 heteroatoms. The minimum Gasteiger partial charge on any atom is -0.481 e. The van der Waals surface area contributed by atoms with Crippen molar-refractivity contribution >= 4 is 16.9 Å². The molecular formula is C24H26N2O2. The first-order chi connectivity index (χ1) is 13.6. The maximum atomic E-state index is 12.3. The fourth-order valence-electron chi connectivity index (χ4n) is 5.63. The van der Waals surface area contributed by atoms with Crippen molar-refractivity contribution in [1.82, 2.24) is 9.47 Å². The Morgan fingerprint density at radius 1 is 1.11 bits per heavy atom. The number of aromatic nitrogens is 1. The summed E-state index contributed by atoms with van der Waals surface area (Å²) in [5, 5.41) is 11.4. The van der Waals surface area contributed by atoms with Crippen LogP contribution in [0.4, 0.5) is 0 Å². The Morgan fingerprint density at radius 3 is 2.64 bits per heavy atom. The van der Waals surface area contributed by atoms with E-state index < -0.39 is 11.5 Å². The molecule has 0 saturated carbocycles. The molecule has 5 rings (SSSR count). The molecule has 0 aliphatic carbocycles. The minimum atomic E-state index is -0.670. The average Bonchev–Trinajstić information content (AvgIpc) is 3.03. The quantitative estimate of drug-likeness (QED) is 0.745. The zero-order valence-electron chi connectivity index (χ0n) is 16.3. The summed E-state index contributed by atoms with van der Waals surface area (Å²) >= 11 is 0. The number of para-hydroxylation sites is 1. The standard InChI is InChI=1S/C24H26N2O2/c1-24-20(23(27)28)11-7-14-25(24)15-13-19-18-10-5-6-12-21(18)26(22(19)24)16-17-8-3-2-4-9-17/h2-6,8-10,12,20H,7,11,13-16H2,1H3,(H,27,28). The molecule has 1 fully saturated rings. The van der Waals surface area contributed by atoms with Crippen molar-refractivity contribution < 1.29 is 9.90 Å². The highest BCUT2D eigenvalue weighted by Crippen LogP contribution is 2.48. The van der Waals surface area contributed by atoms with E-state index >= 15 is 0 Å². The lowest BCUT2D eigenvalue weighted by molar-refractivity contribution is -0.152. The van der Waals surface area contributed by atoms with E-state index in [-0.39, 0.29) is 5.92 Å². The van der Waals surface area contributed by atoms with Gasteiger partial charge in [0, 0.05) is 29.7 Å². The molecule has 3 heterocycles. The number of benzene rings is 2. The van der Waals surface area contributed by atoms with Gasteiger partial charge < -0.3 is 9.67 Å². The maximum absolute atomic E-state index is 12.3. The first-order valence-corrected chi connectivity index (χ1v) is 10.2. The lowest BCUT2D eigenvalue weighted by Gasteiger charge is -2.52. The monoisotopic (exact) mass is 374 g/mol. The molecule has 2 aliphatic heterocycles. The second-order valence-corrected chi connectivity index (χ2v) is 8.33. The number of piperidine rings is 1. The van der Waals surface area contributed by atoms with E-state index in [1.807, 2.05) is 6.07 Å². The lowest BCUT2D eigenvalue weighted by atomic mass is 9.71. The first kappa shape index (κ1) is 17.5. The second-order valence-electron chi connectivity index (χ2n) is 8.33. The van der Waals surface area contributed by atoms with Gasteiger partial charge >= 0.3 is 5.97 Å². The summed E-state index contributed by atoms with van der Waals surface area (Å²) < 4.78 is 2.40. The highest BCUT2D eigenvalue weighted by Gasteiger charge is 2.52. The molecular weight excluding hydrogens is 348 g/mol. The van der Waals surface area contributed by atoms with Gasteiger partial charge in [0.1, 0.15) is 0 Å². The van der Waals surface area contributed by atoms with Gasteiger partial charge in [-0.3, -0.25) is 9.69 Å². The first-order valence-electron chi connectivity index (χ1n) is 10.2. The Labute approximate surface area is 165 Å². The molecule has 28 heavy (non-hydrogen) atoms. The van der Waals surface area contributed by atoms with Gasteiger partial charge in [0.2, 0.25) is 0 Å². The Balaban J connectivity index is 1.78. The highest BCUT2D eigenvalue weighted by molar-refractivity contribution is 5.87. The summed E-state index contributed by atoms with van der Waals surface area (Å²) in [6, 6.07) is 19.1. The second kappa shape index (κ2) is 6.49. The van der Waals surface area contributed by atoms with Crippen LogP contribution in [0, 0.1) is 5.92 Å². The van der Waals surface area contributed by atoms with Gasteiger partial charge in [0.15, 0.2) is 0 Å². The molecule has 144 valence electrons. The molecule has 0 amide bonds. The van der Waals surface area contributed by atoms with Gasteiger partial charge in [-0.25, -0.2) is 0 Å². The SMILES string of the molecule is CC12c3c(c4ccccc4n3Cc3ccccc3)CCN1CCCC2C(=O)O. The number of carboxylic acids is 1. The highest BCUT2D eigenvalue weighted by atomic mass is 16.4. The third-order valence-corrected chi connectivity index (χ3v) is 6.92. The summed E-state index contributed by atoms with van der Waals surface area (Å²) in [6.45, 7) is 4.86. The zero-order valence-corrected chi connectivity index (χ0v) is 16.3. The van der Waals surface area contributed by atoms with Crippen LogP contribution in [0.1, 0.15) is 36.6 Å². The van der Waals surface area contributed by atoms with E-state index in [1.54, 1.807) is 0 Å². The van der Waals surface area contributed by atoms with Crippen LogP contribution in [0.15, 0.2) is 54.6 Å². The largest absolute Gasteiger partial charge is 0.481 e. The fourth-order valence-corrected chi connectivity index (χ4v) is 5.63. The summed E-state index contributed by atoms with van der Waals surface area (Å²) in [5.74, 6) is -1.05. The van der Waals surface area contributed by atoms with Crippen molar-refractivity contribution in [2.75, 3.05) is 13.1 Å². The molecule has 2 atom stereocenters. The Morgan fingerprint density at radius 2 is 1.86 bits per heavy atom. The lowest BCUT2D eigenvalue weighted by Crippen LogP contribution is -2.58. The zero-order chi connectivity index (χ0) is 19.3. The molecule has 3 aromatic rings. The third kappa shape index (κ3) is 2.44. The van der Waals surface area contributed by atoms with Crippen molar-refractivity contribution in [3.63, 3.8) is 0 Å². The van der Waals surface area contributed by atoms with Crippen LogP contribution in [0.2, 0.25) is 0 Å². The van der Waals surface area contributed by atoms with E-state index in [4.69, 9.17) is 0 Å². The predicted octanol–water partition coefficient (Wildman–Crippen LogP) is 4.26. The molecule has 1 N–H and O–H groups in total. The summed E-state index contributed by atoms with van der Waals surface area (Å²) in [5.41, 5.74) is 4.56. The Kier molecular flexibility index (Phi) is 4.06. The van der Waals surface area contributed by atoms with Gasteiger partial charge in [-0.05, 0) is 49.9 Å². The summed E-state index contributed by atoms with van der Waals surface area (Å²) in [6.07, 6.45) is 2.69. The number of hydrogen-bond acceptors (Lipinski definition) is 2. The molecule has 0 bridgehead atoms. The van der Waals surface area contributed by atoms with Crippen LogP contribution in [0.25, 0.3) is 10.9 Å². The average molecular weight is 374 g/mol. The predicted molar refractivity (Wildman–Crippen MR) is 110 cm³/mol. The van der Waals surface area contributed by atoms with E-state index in [2.05, 4.69) is 64.9 Å². The van der Waals surface area contributed by atoms with Crippen LogP contribution >= 0.6 is 0 Å². The number of rotatable bonds is 3. The number of carbonyl (C=O) groups is 1. The normalized spacial score (nSPS) is 24.7. The van der Waals surface area contributed by atoms with Crippen LogP contribution in [0.5, 0.6) is 0 Å². The number of carboxylic acid groups (broad SMARTS) is 1. The number of hydrogen-bond donors (Lipinski definition) is 1. The number of aliphatic carboxylic acids is 1. The number of nitrogens with zero attached hydrogens (tertiary/aromatic N) is 2. The van der Waals surface area contributed by atoms with Crippen molar-refractivity contribution in [3.05, 3.63) is 71.4 Å². The molecule has 1 saturated heterocycles. The van der Waals surface area contributed by atoms with E-state index in [0.29, 0.717) is 0 Å². The van der Waals surface area contributed by atoms with E-state index in [1.165, 1.54) is 27.7 Å². The van der Waals surface area contributed by atoms with Gasteiger partial charge in [0.25, 0.3) is 0 Å². The molecule has 2 aliphatic rings. The minimum absolute atomic E-state index is 0.376. The van der Waals surface area contributed by atoms with E-state index in [0.717, 1.165) is 38.9 Å². The summed E-state index contributed by atoms with van der Waals surface area (Å²) in [4.78, 5) is 14.7. The van der Waals surface area contributed by atoms with Crippen LogP contribution in [0.3, 0.4) is 0 Å². The fraction of sp³-hybridized carbons (Fsp3) is 0.375. The Bertz CT molecular complexity index is 1040. The molecule has 4 nitrogen and oxygen atoms in total. The van der Waals surface area contributed by atoms with E-state index in [9.17, 15) is 9.90 Å². The van der Waals surface area contributed by atoms with Crippen LogP contribution in [-0.4, -0.2) is 33.6 Å². The number of fused-ring (bicyclic) bond motifs is 5. The molecule has 2 unspecified atom stereocenters. The van der Waals surface area contributed by atoms with Crippen LogP contribution in [-0.2, 0) is 23.3 Å². The van der Waals surface area contributed by atoms with Gasteiger partial charge in [-0.1, -0.05) is 48.5 Å². The van der Waals surface area contributed by atoms with Gasteiger partial charge in [0.05, 0.1) is 11.5 Å². The van der Waals surface area contributed by atoms with Crippen molar-refractivity contribution in [2.24, 2.45) is 5.92 Å². The summed E-state index contributed by atoms with van der Waals surface area (Å²) in [7, 11) is 0. The topological polar surface area (TPSA) is 45.5 Å². The Hall–Kier alpha value is -2.59. The maximum Gasteiger partial charge on any atom is 0.308 e. The van der Waals surface area contributed by atoms with Crippen molar-refractivity contribution in [1.29, 1.82) is 0 Å². The molecule has 0 radical (unpaired) electrons. The third-order valence-electron chi connectivity index (χ3n) is 6.92. The van der Waals surface area contributed by atoms with Crippen LogP contribution < -0.4 is 0 Å². The molecule has 2 aromatic carbocycles. The smallest absolute Gasteiger partial charge is 0.308 e. The molecule has 0 spiro atoms. The van der Waals surface area contributed by atoms with Crippen molar-refractivity contribution in [2.45, 2.75) is 38.3 Å².